The summed E-state index contributed by atoms with van der Waals surface area (Å²) in [6.45, 7) is 0.376. The number of carbonyl (C=O) groups excluding carboxylic acids is 2. The molecule has 170 valence electrons. The number of anilines is 1. The summed E-state index contributed by atoms with van der Waals surface area (Å²) >= 11 is 3.48. The number of nitrogens with zero attached hydrogens (tertiary/aromatic N) is 1. The number of halogens is 1. The van der Waals surface area contributed by atoms with Gasteiger partial charge in [-0.15, -0.1) is 0 Å². The summed E-state index contributed by atoms with van der Waals surface area (Å²) in [5.74, 6) is -0.333. The van der Waals surface area contributed by atoms with Crippen molar-refractivity contribution < 1.29 is 23.8 Å². The van der Waals surface area contributed by atoms with Crippen molar-refractivity contribution in [2.24, 2.45) is 5.10 Å². The smallest absolute Gasteiger partial charge is 0.329 e. The summed E-state index contributed by atoms with van der Waals surface area (Å²) in [5.41, 5.74) is 4.22. The lowest BCUT2D eigenvalue weighted by molar-refractivity contribution is -0.136. The molecular formula is C24H22BrN3O5. The Hall–Kier alpha value is -3.85. The maximum absolute atomic E-state index is 12.1. The van der Waals surface area contributed by atoms with Crippen LogP contribution in [0.5, 0.6) is 17.2 Å². The van der Waals surface area contributed by atoms with Gasteiger partial charge in [0.2, 0.25) is 0 Å². The molecule has 3 aromatic rings. The van der Waals surface area contributed by atoms with Gasteiger partial charge in [0.25, 0.3) is 0 Å². The highest BCUT2D eigenvalue weighted by atomic mass is 79.9. The molecule has 2 amide bonds. The van der Waals surface area contributed by atoms with Crippen LogP contribution in [0.4, 0.5) is 5.69 Å². The predicted octanol–water partition coefficient (Wildman–Crippen LogP) is 4.13. The van der Waals surface area contributed by atoms with Gasteiger partial charge < -0.3 is 19.5 Å². The Kier molecular flexibility index (Phi) is 8.43. The van der Waals surface area contributed by atoms with E-state index < -0.39 is 11.8 Å². The fraction of sp³-hybridized carbons (Fsp3) is 0.125. The Morgan fingerprint density at radius 2 is 1.64 bits per heavy atom. The molecular weight excluding hydrogens is 490 g/mol. The largest absolute Gasteiger partial charge is 0.495 e. The summed E-state index contributed by atoms with van der Waals surface area (Å²) in [7, 11) is 3.00. The van der Waals surface area contributed by atoms with Crippen LogP contribution < -0.4 is 25.0 Å². The minimum atomic E-state index is -0.925. The zero-order valence-corrected chi connectivity index (χ0v) is 19.6. The van der Waals surface area contributed by atoms with Crippen LogP contribution in [0, 0.1) is 0 Å². The second-order valence-electron chi connectivity index (χ2n) is 6.66. The van der Waals surface area contributed by atoms with Crippen molar-refractivity contribution in [2.75, 3.05) is 19.5 Å². The Morgan fingerprint density at radius 1 is 0.939 bits per heavy atom. The molecule has 0 spiro atoms. The normalized spacial score (nSPS) is 10.5. The molecule has 0 saturated heterocycles. The van der Waals surface area contributed by atoms with E-state index in [2.05, 4.69) is 31.8 Å². The molecule has 3 aromatic carbocycles. The highest BCUT2D eigenvalue weighted by Crippen LogP contribution is 2.36. The number of nitrogens with one attached hydrogen (secondary N) is 2. The fourth-order valence-electron chi connectivity index (χ4n) is 2.83. The van der Waals surface area contributed by atoms with Gasteiger partial charge >= 0.3 is 11.8 Å². The first-order valence-corrected chi connectivity index (χ1v) is 10.6. The zero-order chi connectivity index (χ0) is 23.6. The Morgan fingerprint density at radius 3 is 2.36 bits per heavy atom. The number of ether oxygens (including phenoxy) is 3. The van der Waals surface area contributed by atoms with Crippen molar-refractivity contribution in [1.82, 2.24) is 5.43 Å². The number of hydrazone groups is 1. The molecule has 0 radical (unpaired) electrons. The number of carbonyl (C=O) groups is 2. The van der Waals surface area contributed by atoms with E-state index >= 15 is 0 Å². The van der Waals surface area contributed by atoms with Gasteiger partial charge in [-0.3, -0.25) is 9.59 Å². The number of hydrogen-bond acceptors (Lipinski definition) is 6. The lowest BCUT2D eigenvalue weighted by atomic mass is 10.2. The third-order valence-electron chi connectivity index (χ3n) is 4.42. The maximum atomic E-state index is 12.1. The average molecular weight is 512 g/mol. The van der Waals surface area contributed by atoms with E-state index in [1.54, 1.807) is 36.4 Å². The van der Waals surface area contributed by atoms with E-state index in [-0.39, 0.29) is 0 Å². The summed E-state index contributed by atoms with van der Waals surface area (Å²) in [6, 6.07) is 20.0. The molecule has 0 heterocycles. The Balaban J connectivity index is 1.62. The molecule has 2 N–H and O–H groups in total. The quantitative estimate of drug-likeness (QED) is 0.269. The molecule has 0 fully saturated rings. The minimum absolute atomic E-state index is 0.376. The third-order valence-corrected chi connectivity index (χ3v) is 5.01. The van der Waals surface area contributed by atoms with Crippen LogP contribution in [0.25, 0.3) is 0 Å². The van der Waals surface area contributed by atoms with Gasteiger partial charge in [0.15, 0.2) is 11.5 Å². The Bertz CT molecular complexity index is 1150. The standard InChI is InChI=1S/C24H22BrN3O5/c1-31-20-11-7-6-10-19(20)27-23(29)24(30)28-26-14-17-12-18(25)22(21(13-17)32-2)33-15-16-8-4-3-5-9-16/h3-14H,15H2,1-2H3,(H,27,29)(H,28,30)/b26-14+. The molecule has 3 rings (SSSR count). The van der Waals surface area contributed by atoms with Crippen molar-refractivity contribution in [1.29, 1.82) is 0 Å². The molecule has 0 aromatic heterocycles. The second kappa shape index (κ2) is 11.7. The number of benzene rings is 3. The number of rotatable bonds is 8. The first-order valence-electron chi connectivity index (χ1n) is 9.83. The lowest BCUT2D eigenvalue weighted by Crippen LogP contribution is -2.32. The first-order chi connectivity index (χ1) is 16.0. The number of hydrogen-bond donors (Lipinski definition) is 2. The van der Waals surface area contributed by atoms with Gasteiger partial charge in [-0.05, 0) is 51.3 Å². The lowest BCUT2D eigenvalue weighted by Gasteiger charge is -2.13. The van der Waals surface area contributed by atoms with E-state index in [1.807, 2.05) is 30.3 Å². The van der Waals surface area contributed by atoms with Gasteiger partial charge in [0, 0.05) is 0 Å². The van der Waals surface area contributed by atoms with Crippen molar-refractivity contribution in [3.63, 3.8) is 0 Å². The molecule has 9 heteroatoms. The van der Waals surface area contributed by atoms with E-state index in [0.29, 0.717) is 39.6 Å². The molecule has 33 heavy (non-hydrogen) atoms. The van der Waals surface area contributed by atoms with Crippen LogP contribution in [0.2, 0.25) is 0 Å². The minimum Gasteiger partial charge on any atom is -0.495 e. The van der Waals surface area contributed by atoms with E-state index in [4.69, 9.17) is 14.2 Å². The SMILES string of the molecule is COc1ccccc1NC(=O)C(=O)N/N=C/c1cc(Br)c(OCc2ccccc2)c(OC)c1. The maximum Gasteiger partial charge on any atom is 0.329 e. The number of methoxy groups -OCH3 is 2. The van der Waals surface area contributed by atoms with Gasteiger partial charge in [0.05, 0.1) is 30.6 Å². The van der Waals surface area contributed by atoms with Gasteiger partial charge in [-0.1, -0.05) is 42.5 Å². The molecule has 0 atom stereocenters. The van der Waals surface area contributed by atoms with Crippen LogP contribution in [0.1, 0.15) is 11.1 Å². The topological polar surface area (TPSA) is 98.2 Å². The number of amides is 2. The van der Waals surface area contributed by atoms with Crippen LogP contribution in [0.15, 0.2) is 76.3 Å². The predicted molar refractivity (Wildman–Crippen MR) is 129 cm³/mol. The Labute approximate surface area is 199 Å². The van der Waals surface area contributed by atoms with Gasteiger partial charge in [-0.2, -0.15) is 5.10 Å². The molecule has 0 unspecified atom stereocenters. The van der Waals surface area contributed by atoms with Crippen molar-refractivity contribution in [2.45, 2.75) is 6.61 Å². The first kappa shape index (κ1) is 23.8. The average Bonchev–Trinajstić information content (AvgIpc) is 2.83. The second-order valence-corrected chi connectivity index (χ2v) is 7.52. The van der Waals surface area contributed by atoms with E-state index in [0.717, 1.165) is 5.56 Å². The monoisotopic (exact) mass is 511 g/mol. The summed E-state index contributed by atoms with van der Waals surface area (Å²) in [4.78, 5) is 24.2. The third kappa shape index (κ3) is 6.56. The highest BCUT2D eigenvalue weighted by Gasteiger charge is 2.15. The van der Waals surface area contributed by atoms with Crippen LogP contribution in [-0.2, 0) is 16.2 Å². The van der Waals surface area contributed by atoms with Crippen molar-refractivity contribution in [3.05, 3.63) is 82.3 Å². The molecule has 0 bridgehead atoms. The van der Waals surface area contributed by atoms with Gasteiger partial charge in [0.1, 0.15) is 12.4 Å². The summed E-state index contributed by atoms with van der Waals surface area (Å²) in [5, 5.41) is 6.33. The fourth-order valence-corrected chi connectivity index (χ4v) is 3.40. The van der Waals surface area contributed by atoms with E-state index in [1.165, 1.54) is 20.4 Å². The van der Waals surface area contributed by atoms with Crippen molar-refractivity contribution in [3.8, 4) is 17.2 Å². The van der Waals surface area contributed by atoms with Gasteiger partial charge in [-0.25, -0.2) is 5.43 Å². The molecule has 0 aliphatic rings. The van der Waals surface area contributed by atoms with Crippen molar-refractivity contribution >= 4 is 39.6 Å². The van der Waals surface area contributed by atoms with Crippen LogP contribution in [0.3, 0.4) is 0 Å². The molecule has 0 saturated carbocycles. The van der Waals surface area contributed by atoms with Crippen LogP contribution in [-0.4, -0.2) is 32.2 Å². The molecule has 8 nitrogen and oxygen atoms in total. The highest BCUT2D eigenvalue weighted by molar-refractivity contribution is 9.10. The molecule has 0 aliphatic heterocycles. The van der Waals surface area contributed by atoms with E-state index in [9.17, 15) is 9.59 Å². The summed E-state index contributed by atoms with van der Waals surface area (Å²) < 4.78 is 17.1. The zero-order valence-electron chi connectivity index (χ0n) is 18.0. The number of para-hydroxylation sites is 2. The molecule has 0 aliphatic carbocycles. The van der Waals surface area contributed by atoms with Crippen LogP contribution >= 0.6 is 15.9 Å². The summed E-state index contributed by atoms with van der Waals surface area (Å²) in [6.07, 6.45) is 1.39.